The SMILES string of the molecule is C=CCNC(=NC)NCCCN1CCN(c2ccccc2Cl)CC1.I. The highest BCUT2D eigenvalue weighted by Gasteiger charge is 2.18. The summed E-state index contributed by atoms with van der Waals surface area (Å²) in [5.74, 6) is 0.832. The zero-order valence-electron chi connectivity index (χ0n) is 14.9. The van der Waals surface area contributed by atoms with Gasteiger partial charge in [0.25, 0.3) is 0 Å². The second-order valence-corrected chi connectivity index (χ2v) is 6.21. The molecule has 0 unspecified atom stereocenters. The first-order valence-corrected chi connectivity index (χ1v) is 8.89. The molecule has 0 spiro atoms. The summed E-state index contributed by atoms with van der Waals surface area (Å²) >= 11 is 6.29. The van der Waals surface area contributed by atoms with Crippen LogP contribution >= 0.6 is 35.6 Å². The molecule has 0 radical (unpaired) electrons. The molecule has 25 heavy (non-hydrogen) atoms. The van der Waals surface area contributed by atoms with Gasteiger partial charge in [-0.3, -0.25) is 9.89 Å². The van der Waals surface area contributed by atoms with Crippen molar-refractivity contribution in [1.29, 1.82) is 0 Å². The third-order valence-corrected chi connectivity index (χ3v) is 4.47. The lowest BCUT2D eigenvalue weighted by Crippen LogP contribution is -2.47. The Morgan fingerprint density at radius 2 is 1.96 bits per heavy atom. The number of hydrogen-bond acceptors (Lipinski definition) is 3. The third-order valence-electron chi connectivity index (χ3n) is 4.15. The van der Waals surface area contributed by atoms with Crippen molar-refractivity contribution < 1.29 is 0 Å². The molecule has 1 aromatic carbocycles. The molecular weight excluding hydrogens is 449 g/mol. The molecule has 0 amide bonds. The van der Waals surface area contributed by atoms with Gasteiger partial charge in [-0.2, -0.15) is 0 Å². The number of anilines is 1. The van der Waals surface area contributed by atoms with E-state index in [0.717, 1.165) is 68.9 Å². The Balaban J connectivity index is 0.00000312. The average molecular weight is 478 g/mol. The van der Waals surface area contributed by atoms with Crippen molar-refractivity contribution in [3.05, 3.63) is 41.9 Å². The normalized spacial score (nSPS) is 15.4. The number of para-hydroxylation sites is 1. The molecule has 0 aromatic heterocycles. The largest absolute Gasteiger partial charge is 0.368 e. The van der Waals surface area contributed by atoms with E-state index in [0.29, 0.717) is 0 Å². The number of rotatable bonds is 7. The molecule has 0 aliphatic carbocycles. The summed E-state index contributed by atoms with van der Waals surface area (Å²) in [4.78, 5) is 9.06. The van der Waals surface area contributed by atoms with E-state index in [9.17, 15) is 0 Å². The first kappa shape index (κ1) is 22.1. The predicted octanol–water partition coefficient (Wildman–Crippen LogP) is 2.82. The Bertz CT molecular complexity index is 544. The molecule has 1 aliphatic rings. The number of halogens is 2. The number of nitrogens with one attached hydrogen (secondary N) is 2. The van der Waals surface area contributed by atoms with Gasteiger partial charge in [-0.15, -0.1) is 30.6 Å². The van der Waals surface area contributed by atoms with Gasteiger partial charge in [0.1, 0.15) is 0 Å². The lowest BCUT2D eigenvalue weighted by Gasteiger charge is -2.36. The summed E-state index contributed by atoms with van der Waals surface area (Å²) in [6.07, 6.45) is 2.92. The van der Waals surface area contributed by atoms with Gasteiger partial charge in [0.2, 0.25) is 0 Å². The number of nitrogens with zero attached hydrogens (tertiary/aromatic N) is 3. The quantitative estimate of drug-likeness (QED) is 0.208. The van der Waals surface area contributed by atoms with E-state index in [1.165, 1.54) is 0 Å². The van der Waals surface area contributed by atoms with Crippen LogP contribution in [0.2, 0.25) is 5.02 Å². The first-order valence-electron chi connectivity index (χ1n) is 8.52. The Hall–Kier alpha value is -0.990. The van der Waals surface area contributed by atoms with E-state index in [2.05, 4.69) is 38.1 Å². The highest BCUT2D eigenvalue weighted by molar-refractivity contribution is 14.0. The number of guanidine groups is 1. The van der Waals surface area contributed by atoms with Crippen LogP contribution in [0.5, 0.6) is 0 Å². The van der Waals surface area contributed by atoms with Crippen LogP contribution in [0, 0.1) is 0 Å². The van der Waals surface area contributed by atoms with Crippen molar-refractivity contribution in [3.8, 4) is 0 Å². The Morgan fingerprint density at radius 3 is 2.60 bits per heavy atom. The van der Waals surface area contributed by atoms with E-state index >= 15 is 0 Å². The second-order valence-electron chi connectivity index (χ2n) is 5.80. The molecule has 1 fully saturated rings. The van der Waals surface area contributed by atoms with Crippen molar-refractivity contribution in [3.63, 3.8) is 0 Å². The van der Waals surface area contributed by atoms with Crippen LogP contribution in [-0.2, 0) is 0 Å². The smallest absolute Gasteiger partial charge is 0.191 e. The Morgan fingerprint density at radius 1 is 1.24 bits per heavy atom. The van der Waals surface area contributed by atoms with Gasteiger partial charge in [-0.1, -0.05) is 29.8 Å². The van der Waals surface area contributed by atoms with Crippen LogP contribution in [-0.4, -0.2) is 63.7 Å². The topological polar surface area (TPSA) is 42.9 Å². The lowest BCUT2D eigenvalue weighted by molar-refractivity contribution is 0.255. The fourth-order valence-electron chi connectivity index (χ4n) is 2.82. The zero-order valence-corrected chi connectivity index (χ0v) is 18.0. The molecule has 5 nitrogen and oxygen atoms in total. The van der Waals surface area contributed by atoms with E-state index in [1.807, 2.05) is 24.3 Å². The van der Waals surface area contributed by atoms with Crippen LogP contribution in [0.1, 0.15) is 6.42 Å². The van der Waals surface area contributed by atoms with Gasteiger partial charge in [-0.25, -0.2) is 0 Å². The van der Waals surface area contributed by atoms with Gasteiger partial charge in [0.05, 0.1) is 10.7 Å². The lowest BCUT2D eigenvalue weighted by atomic mass is 10.2. The van der Waals surface area contributed by atoms with Crippen LogP contribution in [0.25, 0.3) is 0 Å². The van der Waals surface area contributed by atoms with Crippen LogP contribution < -0.4 is 15.5 Å². The maximum atomic E-state index is 6.29. The minimum Gasteiger partial charge on any atom is -0.368 e. The Labute approximate surface area is 173 Å². The highest BCUT2D eigenvalue weighted by atomic mass is 127. The van der Waals surface area contributed by atoms with Gasteiger partial charge in [0, 0.05) is 46.3 Å². The maximum Gasteiger partial charge on any atom is 0.191 e. The molecule has 1 aliphatic heterocycles. The molecule has 1 saturated heterocycles. The van der Waals surface area contributed by atoms with Crippen LogP contribution in [0.3, 0.4) is 0 Å². The summed E-state index contributed by atoms with van der Waals surface area (Å²) < 4.78 is 0. The highest BCUT2D eigenvalue weighted by Crippen LogP contribution is 2.25. The van der Waals surface area contributed by atoms with Crippen molar-refractivity contribution in [1.82, 2.24) is 15.5 Å². The maximum absolute atomic E-state index is 6.29. The first-order chi connectivity index (χ1) is 11.7. The summed E-state index contributed by atoms with van der Waals surface area (Å²) in [5, 5.41) is 7.34. The molecular formula is C18H29ClIN5. The van der Waals surface area contributed by atoms with Crippen molar-refractivity contribution in [2.24, 2.45) is 4.99 Å². The molecule has 0 atom stereocenters. The summed E-state index contributed by atoms with van der Waals surface area (Å²) in [6, 6.07) is 8.09. The average Bonchev–Trinajstić information content (AvgIpc) is 2.62. The molecule has 0 bridgehead atoms. The predicted molar refractivity (Wildman–Crippen MR) is 120 cm³/mol. The molecule has 1 heterocycles. The standard InChI is InChI=1S/C18H28ClN5.HI/c1-3-9-21-18(20-2)22-10-6-11-23-12-14-24(15-13-23)17-8-5-4-7-16(17)19;/h3-5,7-8H,1,6,9-15H2,2H3,(H2,20,21,22);1H. The molecule has 0 saturated carbocycles. The van der Waals surface area contributed by atoms with Crippen molar-refractivity contribution in [2.45, 2.75) is 6.42 Å². The van der Waals surface area contributed by atoms with Gasteiger partial charge >= 0.3 is 0 Å². The third kappa shape index (κ3) is 7.42. The molecule has 1 aromatic rings. The van der Waals surface area contributed by atoms with Crippen LogP contribution in [0.15, 0.2) is 41.9 Å². The Kier molecular flexibility index (Phi) is 10.9. The molecule has 2 rings (SSSR count). The second kappa shape index (κ2) is 12.4. The van der Waals surface area contributed by atoms with E-state index in [1.54, 1.807) is 7.05 Å². The number of benzene rings is 1. The van der Waals surface area contributed by atoms with Gasteiger partial charge in [0.15, 0.2) is 5.96 Å². The van der Waals surface area contributed by atoms with Crippen LogP contribution in [0.4, 0.5) is 5.69 Å². The zero-order chi connectivity index (χ0) is 17.2. The minimum absolute atomic E-state index is 0. The van der Waals surface area contributed by atoms with E-state index < -0.39 is 0 Å². The van der Waals surface area contributed by atoms with E-state index in [4.69, 9.17) is 11.6 Å². The van der Waals surface area contributed by atoms with Crippen molar-refractivity contribution in [2.75, 3.05) is 57.8 Å². The minimum atomic E-state index is 0. The van der Waals surface area contributed by atoms with Gasteiger partial charge in [-0.05, 0) is 25.1 Å². The molecule has 2 N–H and O–H groups in total. The van der Waals surface area contributed by atoms with Gasteiger partial charge < -0.3 is 15.5 Å². The summed E-state index contributed by atoms with van der Waals surface area (Å²) in [6.45, 7) is 10.6. The fraction of sp³-hybridized carbons (Fsp3) is 0.500. The molecule has 140 valence electrons. The summed E-state index contributed by atoms with van der Waals surface area (Å²) in [5.41, 5.74) is 1.15. The van der Waals surface area contributed by atoms with Crippen molar-refractivity contribution >= 4 is 47.2 Å². The molecule has 7 heteroatoms. The summed E-state index contributed by atoms with van der Waals surface area (Å²) in [7, 11) is 1.78. The number of piperazine rings is 1. The van der Waals surface area contributed by atoms with E-state index in [-0.39, 0.29) is 24.0 Å². The number of aliphatic imine (C=N–C) groups is 1. The fourth-order valence-corrected chi connectivity index (χ4v) is 3.07. The number of hydrogen-bond donors (Lipinski definition) is 2. The monoisotopic (exact) mass is 477 g/mol.